The van der Waals surface area contributed by atoms with Crippen molar-refractivity contribution < 1.29 is 0 Å². The van der Waals surface area contributed by atoms with Gasteiger partial charge in [-0.05, 0) is 31.9 Å². The average Bonchev–Trinajstić information content (AvgIpc) is 3.01. The van der Waals surface area contributed by atoms with Crippen molar-refractivity contribution in [2.24, 2.45) is 0 Å². The molecule has 1 unspecified atom stereocenters. The number of aromatic amines is 2. The van der Waals surface area contributed by atoms with Crippen LogP contribution < -0.4 is 0 Å². The average molecular weight is 245 g/mol. The van der Waals surface area contributed by atoms with Crippen molar-refractivity contribution in [3.8, 4) is 0 Å². The van der Waals surface area contributed by atoms with Crippen molar-refractivity contribution in [3.63, 3.8) is 0 Å². The fourth-order valence-electron chi connectivity index (χ4n) is 2.82. The largest absolute Gasteiger partial charge is 0.347 e. The molecular weight excluding hydrogens is 226 g/mol. The molecule has 0 spiro atoms. The number of nitrogens with one attached hydrogen (secondary N) is 2. The summed E-state index contributed by atoms with van der Waals surface area (Å²) in [5, 5.41) is 7.30. The lowest BCUT2D eigenvalue weighted by atomic mass is 9.93. The van der Waals surface area contributed by atoms with Gasteiger partial charge in [0, 0.05) is 36.6 Å². The van der Waals surface area contributed by atoms with Crippen LogP contribution in [0.3, 0.4) is 0 Å². The molecule has 2 aromatic rings. The standard InChI is InChI=1S/C13H19N5/c1-10-5-16-17-13(10)11-3-2-4-18(7-11)8-12-6-14-9-15-12/h5-6,9,11H,2-4,7-8H2,1H3,(H,14,15)(H,16,17). The van der Waals surface area contributed by atoms with E-state index in [1.807, 2.05) is 12.4 Å². The van der Waals surface area contributed by atoms with Gasteiger partial charge in [-0.25, -0.2) is 4.98 Å². The van der Waals surface area contributed by atoms with Crippen molar-refractivity contribution >= 4 is 0 Å². The third kappa shape index (κ3) is 2.31. The van der Waals surface area contributed by atoms with E-state index in [0.717, 1.165) is 13.1 Å². The number of imidazole rings is 1. The van der Waals surface area contributed by atoms with E-state index in [9.17, 15) is 0 Å². The van der Waals surface area contributed by atoms with Gasteiger partial charge in [-0.2, -0.15) is 5.10 Å². The molecule has 0 aliphatic carbocycles. The first-order valence-corrected chi connectivity index (χ1v) is 6.52. The van der Waals surface area contributed by atoms with Crippen LogP contribution in [0, 0.1) is 6.92 Å². The topological polar surface area (TPSA) is 60.6 Å². The van der Waals surface area contributed by atoms with E-state index in [4.69, 9.17) is 0 Å². The van der Waals surface area contributed by atoms with E-state index < -0.39 is 0 Å². The van der Waals surface area contributed by atoms with Crippen LogP contribution in [0.15, 0.2) is 18.7 Å². The van der Waals surface area contributed by atoms with Gasteiger partial charge in [0.25, 0.3) is 0 Å². The van der Waals surface area contributed by atoms with Crippen LogP contribution in [0.25, 0.3) is 0 Å². The molecular formula is C13H19N5. The molecule has 0 amide bonds. The second-order valence-electron chi connectivity index (χ2n) is 5.12. The van der Waals surface area contributed by atoms with Gasteiger partial charge in [-0.3, -0.25) is 10.00 Å². The van der Waals surface area contributed by atoms with Crippen LogP contribution in [0.1, 0.15) is 35.7 Å². The minimum absolute atomic E-state index is 0.587. The summed E-state index contributed by atoms with van der Waals surface area (Å²) in [5.41, 5.74) is 3.78. The third-order valence-electron chi connectivity index (χ3n) is 3.73. The van der Waals surface area contributed by atoms with Gasteiger partial charge in [-0.1, -0.05) is 0 Å². The Morgan fingerprint density at radius 3 is 3.11 bits per heavy atom. The monoisotopic (exact) mass is 245 g/mol. The summed E-state index contributed by atoms with van der Waals surface area (Å²) in [6.07, 6.45) is 8.07. The third-order valence-corrected chi connectivity index (χ3v) is 3.73. The lowest BCUT2D eigenvalue weighted by molar-refractivity contribution is 0.196. The minimum Gasteiger partial charge on any atom is -0.347 e. The Hall–Kier alpha value is -1.62. The van der Waals surface area contributed by atoms with E-state index in [0.29, 0.717) is 5.92 Å². The maximum Gasteiger partial charge on any atom is 0.0922 e. The number of likely N-dealkylation sites (tertiary alicyclic amines) is 1. The van der Waals surface area contributed by atoms with Gasteiger partial charge in [0.15, 0.2) is 0 Å². The van der Waals surface area contributed by atoms with Crippen molar-refractivity contribution in [2.75, 3.05) is 13.1 Å². The van der Waals surface area contributed by atoms with Gasteiger partial charge in [0.05, 0.1) is 12.5 Å². The summed E-state index contributed by atoms with van der Waals surface area (Å²) in [6, 6.07) is 0. The molecule has 3 heterocycles. The highest BCUT2D eigenvalue weighted by atomic mass is 15.2. The van der Waals surface area contributed by atoms with E-state index >= 15 is 0 Å². The Balaban J connectivity index is 1.67. The zero-order valence-electron chi connectivity index (χ0n) is 10.7. The Morgan fingerprint density at radius 2 is 2.39 bits per heavy atom. The van der Waals surface area contributed by atoms with Crippen LogP contribution in [0.5, 0.6) is 0 Å². The fraction of sp³-hybridized carbons (Fsp3) is 0.538. The zero-order chi connectivity index (χ0) is 12.4. The second kappa shape index (κ2) is 4.94. The van der Waals surface area contributed by atoms with Crippen LogP contribution in [0.2, 0.25) is 0 Å². The van der Waals surface area contributed by atoms with Gasteiger partial charge in [0.1, 0.15) is 0 Å². The predicted octanol–water partition coefficient (Wildman–Crippen LogP) is 1.82. The minimum atomic E-state index is 0.587. The first-order valence-electron chi connectivity index (χ1n) is 6.52. The highest BCUT2D eigenvalue weighted by Crippen LogP contribution is 2.27. The summed E-state index contributed by atoms with van der Waals surface area (Å²) in [5.74, 6) is 0.587. The summed E-state index contributed by atoms with van der Waals surface area (Å²) >= 11 is 0. The number of piperidine rings is 1. The first kappa shape index (κ1) is 11.5. The molecule has 2 N–H and O–H groups in total. The summed E-state index contributed by atoms with van der Waals surface area (Å²) < 4.78 is 0. The normalized spacial score (nSPS) is 21.3. The Morgan fingerprint density at radius 1 is 1.44 bits per heavy atom. The molecule has 2 aromatic heterocycles. The van der Waals surface area contributed by atoms with E-state index in [1.54, 1.807) is 6.33 Å². The molecule has 0 saturated carbocycles. The SMILES string of the molecule is Cc1cn[nH]c1C1CCCN(Cc2cnc[nH]2)C1. The van der Waals surface area contributed by atoms with E-state index in [1.165, 1.54) is 36.3 Å². The quantitative estimate of drug-likeness (QED) is 0.867. The number of hydrogen-bond donors (Lipinski definition) is 2. The molecule has 1 aliphatic heterocycles. The van der Waals surface area contributed by atoms with Gasteiger partial charge >= 0.3 is 0 Å². The molecule has 1 aliphatic rings. The van der Waals surface area contributed by atoms with E-state index in [-0.39, 0.29) is 0 Å². The predicted molar refractivity (Wildman–Crippen MR) is 69.2 cm³/mol. The molecule has 0 bridgehead atoms. The lowest BCUT2D eigenvalue weighted by Gasteiger charge is -2.32. The highest BCUT2D eigenvalue weighted by Gasteiger charge is 2.23. The van der Waals surface area contributed by atoms with Gasteiger partial charge in [0.2, 0.25) is 0 Å². The van der Waals surface area contributed by atoms with Gasteiger partial charge < -0.3 is 4.98 Å². The molecule has 1 saturated heterocycles. The molecule has 5 heteroatoms. The maximum atomic E-state index is 4.14. The molecule has 1 fully saturated rings. The lowest BCUT2D eigenvalue weighted by Crippen LogP contribution is -2.34. The molecule has 96 valence electrons. The molecule has 0 radical (unpaired) electrons. The summed E-state index contributed by atoms with van der Waals surface area (Å²) in [7, 11) is 0. The molecule has 18 heavy (non-hydrogen) atoms. The highest BCUT2D eigenvalue weighted by molar-refractivity contribution is 5.19. The van der Waals surface area contributed by atoms with Crippen molar-refractivity contribution in [1.29, 1.82) is 0 Å². The smallest absolute Gasteiger partial charge is 0.0922 e. The number of hydrogen-bond acceptors (Lipinski definition) is 3. The molecule has 5 nitrogen and oxygen atoms in total. The number of H-pyrrole nitrogens is 2. The van der Waals surface area contributed by atoms with Crippen LogP contribution >= 0.6 is 0 Å². The fourth-order valence-corrected chi connectivity index (χ4v) is 2.82. The van der Waals surface area contributed by atoms with Crippen LogP contribution in [0.4, 0.5) is 0 Å². The Labute approximate surface area is 107 Å². The zero-order valence-corrected chi connectivity index (χ0v) is 10.7. The summed E-state index contributed by atoms with van der Waals surface area (Å²) in [4.78, 5) is 9.73. The number of nitrogens with zero attached hydrogens (tertiary/aromatic N) is 3. The Kier molecular flexibility index (Phi) is 3.15. The maximum absolute atomic E-state index is 4.14. The van der Waals surface area contributed by atoms with Crippen LogP contribution in [-0.4, -0.2) is 38.2 Å². The van der Waals surface area contributed by atoms with Gasteiger partial charge in [-0.15, -0.1) is 0 Å². The van der Waals surface area contributed by atoms with Crippen molar-refractivity contribution in [3.05, 3.63) is 35.7 Å². The molecule has 1 atom stereocenters. The van der Waals surface area contributed by atoms with Crippen molar-refractivity contribution in [2.45, 2.75) is 32.2 Å². The number of rotatable bonds is 3. The van der Waals surface area contributed by atoms with E-state index in [2.05, 4.69) is 32.0 Å². The molecule has 0 aromatic carbocycles. The molecule has 3 rings (SSSR count). The Bertz CT molecular complexity index is 487. The first-order chi connectivity index (χ1) is 8.83. The van der Waals surface area contributed by atoms with Crippen LogP contribution in [-0.2, 0) is 6.54 Å². The summed E-state index contributed by atoms with van der Waals surface area (Å²) in [6.45, 7) is 5.36. The number of aryl methyl sites for hydroxylation is 1. The number of aromatic nitrogens is 4. The second-order valence-corrected chi connectivity index (χ2v) is 5.12. The van der Waals surface area contributed by atoms with Crippen molar-refractivity contribution in [1.82, 2.24) is 25.1 Å².